The highest BCUT2D eigenvalue weighted by Gasteiger charge is 2.25. The van der Waals surface area contributed by atoms with Crippen LogP contribution in [0.1, 0.15) is 36.0 Å². The summed E-state index contributed by atoms with van der Waals surface area (Å²) in [5.41, 5.74) is 6.71. The standard InChI is InChI=1S/C16H20N4O3/c1-9-4-3-7-20(8-9)16(22)19-12-11-6-5-10(2)18-15(11)23-13(12)14(17)21/h5-6,9H,3-4,7-8H2,1-2H3,(H2,17,21)(H,19,22). The molecule has 122 valence electrons. The largest absolute Gasteiger partial charge is 0.430 e. The lowest BCUT2D eigenvalue weighted by Gasteiger charge is -2.30. The minimum absolute atomic E-state index is 0.0727. The van der Waals surface area contributed by atoms with Crippen molar-refractivity contribution < 1.29 is 14.0 Å². The maximum Gasteiger partial charge on any atom is 0.321 e. The number of fused-ring (bicyclic) bond motifs is 1. The van der Waals surface area contributed by atoms with Crippen molar-refractivity contribution in [3.8, 4) is 0 Å². The van der Waals surface area contributed by atoms with E-state index in [0.717, 1.165) is 18.5 Å². The van der Waals surface area contributed by atoms with Crippen LogP contribution in [0.4, 0.5) is 10.5 Å². The van der Waals surface area contributed by atoms with Crippen molar-refractivity contribution in [3.63, 3.8) is 0 Å². The fraction of sp³-hybridized carbons (Fsp3) is 0.438. The Hall–Kier alpha value is -2.57. The number of primary amides is 1. The summed E-state index contributed by atoms with van der Waals surface area (Å²) in [6.45, 7) is 5.34. The summed E-state index contributed by atoms with van der Waals surface area (Å²) in [6, 6.07) is 3.31. The highest BCUT2D eigenvalue weighted by Crippen LogP contribution is 2.30. The lowest BCUT2D eigenvalue weighted by atomic mass is 10.0. The molecule has 1 atom stereocenters. The molecule has 1 unspecified atom stereocenters. The van der Waals surface area contributed by atoms with E-state index in [1.807, 2.05) is 6.92 Å². The molecule has 3 rings (SSSR count). The molecule has 1 saturated heterocycles. The number of piperidine rings is 1. The van der Waals surface area contributed by atoms with Gasteiger partial charge < -0.3 is 20.4 Å². The SMILES string of the molecule is Cc1ccc2c(NC(=O)N3CCCC(C)C3)c(C(N)=O)oc2n1. The van der Waals surface area contributed by atoms with Crippen LogP contribution in [0.3, 0.4) is 0 Å². The molecule has 7 heteroatoms. The minimum Gasteiger partial charge on any atom is -0.430 e. The fourth-order valence-corrected chi connectivity index (χ4v) is 2.93. The highest BCUT2D eigenvalue weighted by molar-refractivity contribution is 6.09. The van der Waals surface area contributed by atoms with Gasteiger partial charge in [-0.15, -0.1) is 0 Å². The molecule has 3 amide bonds. The number of anilines is 1. The van der Waals surface area contributed by atoms with Crippen LogP contribution >= 0.6 is 0 Å². The second-order valence-electron chi connectivity index (χ2n) is 6.10. The van der Waals surface area contributed by atoms with E-state index in [2.05, 4.69) is 17.2 Å². The second kappa shape index (κ2) is 5.91. The van der Waals surface area contributed by atoms with Crippen LogP contribution in [0.25, 0.3) is 11.1 Å². The quantitative estimate of drug-likeness (QED) is 0.888. The molecule has 0 aromatic carbocycles. The van der Waals surface area contributed by atoms with Crippen LogP contribution in [0.15, 0.2) is 16.5 Å². The van der Waals surface area contributed by atoms with E-state index >= 15 is 0 Å². The van der Waals surface area contributed by atoms with Gasteiger partial charge in [-0.25, -0.2) is 9.78 Å². The highest BCUT2D eigenvalue weighted by atomic mass is 16.4. The zero-order chi connectivity index (χ0) is 16.6. The normalized spacial score (nSPS) is 18.2. The van der Waals surface area contributed by atoms with Crippen LogP contribution in [0.2, 0.25) is 0 Å². The summed E-state index contributed by atoms with van der Waals surface area (Å²) in [4.78, 5) is 30.1. The Balaban J connectivity index is 1.93. The van der Waals surface area contributed by atoms with Gasteiger partial charge in [-0.1, -0.05) is 6.92 Å². The topological polar surface area (TPSA) is 101 Å². The molecule has 0 radical (unpaired) electrons. The summed E-state index contributed by atoms with van der Waals surface area (Å²) >= 11 is 0. The molecule has 0 spiro atoms. The fourth-order valence-electron chi connectivity index (χ4n) is 2.93. The van der Waals surface area contributed by atoms with Crippen LogP contribution in [-0.4, -0.2) is 34.9 Å². The number of amides is 3. The summed E-state index contributed by atoms with van der Waals surface area (Å²) < 4.78 is 5.43. The van der Waals surface area contributed by atoms with Crippen molar-refractivity contribution in [1.82, 2.24) is 9.88 Å². The van der Waals surface area contributed by atoms with Crippen LogP contribution in [-0.2, 0) is 0 Å². The Bertz CT molecular complexity index is 768. The molecule has 0 bridgehead atoms. The van der Waals surface area contributed by atoms with Gasteiger partial charge in [0, 0.05) is 18.8 Å². The Morgan fingerprint density at radius 2 is 2.22 bits per heavy atom. The van der Waals surface area contributed by atoms with Crippen molar-refractivity contribution in [2.24, 2.45) is 11.7 Å². The number of hydrogen-bond donors (Lipinski definition) is 2. The van der Waals surface area contributed by atoms with E-state index in [1.54, 1.807) is 17.0 Å². The van der Waals surface area contributed by atoms with Gasteiger partial charge in [0.2, 0.25) is 11.5 Å². The maximum atomic E-state index is 12.5. The average molecular weight is 316 g/mol. The van der Waals surface area contributed by atoms with E-state index in [1.165, 1.54) is 0 Å². The van der Waals surface area contributed by atoms with Gasteiger partial charge in [0.05, 0.1) is 5.39 Å². The molecule has 23 heavy (non-hydrogen) atoms. The molecular formula is C16H20N4O3. The number of nitrogens with zero attached hydrogens (tertiary/aromatic N) is 2. The lowest BCUT2D eigenvalue weighted by Crippen LogP contribution is -2.41. The molecule has 1 fully saturated rings. The Kier molecular flexibility index (Phi) is 3.94. The predicted octanol–water partition coefficient (Wildman–Crippen LogP) is 2.50. The molecule has 0 aliphatic carbocycles. The molecule has 3 N–H and O–H groups in total. The zero-order valence-corrected chi connectivity index (χ0v) is 13.3. The monoisotopic (exact) mass is 316 g/mol. The number of hydrogen-bond acceptors (Lipinski definition) is 4. The summed E-state index contributed by atoms with van der Waals surface area (Å²) in [5.74, 6) is -0.338. The zero-order valence-electron chi connectivity index (χ0n) is 13.3. The number of nitrogens with two attached hydrogens (primary N) is 1. The predicted molar refractivity (Wildman–Crippen MR) is 86.3 cm³/mol. The second-order valence-corrected chi connectivity index (χ2v) is 6.10. The molecular weight excluding hydrogens is 296 g/mol. The van der Waals surface area contributed by atoms with Crippen molar-refractivity contribution in [2.75, 3.05) is 18.4 Å². The van der Waals surface area contributed by atoms with Crippen LogP contribution in [0.5, 0.6) is 0 Å². The number of aryl methyl sites for hydroxylation is 1. The minimum atomic E-state index is -0.733. The Morgan fingerprint density at radius 3 is 2.91 bits per heavy atom. The maximum absolute atomic E-state index is 12.5. The average Bonchev–Trinajstić information content (AvgIpc) is 2.85. The first-order chi connectivity index (χ1) is 11.0. The molecule has 1 aliphatic heterocycles. The third kappa shape index (κ3) is 2.99. The number of aromatic nitrogens is 1. The molecule has 1 aliphatic rings. The summed E-state index contributed by atoms with van der Waals surface area (Å²) in [6.07, 6.45) is 2.10. The first-order valence-electron chi connectivity index (χ1n) is 7.71. The van der Waals surface area contributed by atoms with Crippen molar-refractivity contribution in [2.45, 2.75) is 26.7 Å². The van der Waals surface area contributed by atoms with Crippen molar-refractivity contribution >= 4 is 28.7 Å². The smallest absolute Gasteiger partial charge is 0.321 e. The van der Waals surface area contributed by atoms with E-state index in [-0.39, 0.29) is 11.8 Å². The number of rotatable bonds is 2. The number of carbonyl (C=O) groups excluding carboxylic acids is 2. The van der Waals surface area contributed by atoms with E-state index in [4.69, 9.17) is 10.2 Å². The summed E-state index contributed by atoms with van der Waals surface area (Å²) in [7, 11) is 0. The van der Waals surface area contributed by atoms with Crippen LogP contribution in [0, 0.1) is 12.8 Å². The van der Waals surface area contributed by atoms with E-state index in [0.29, 0.717) is 35.8 Å². The van der Waals surface area contributed by atoms with Gasteiger partial charge in [0.1, 0.15) is 5.69 Å². The number of nitrogens with one attached hydrogen (secondary N) is 1. The Morgan fingerprint density at radius 1 is 1.43 bits per heavy atom. The van der Waals surface area contributed by atoms with Gasteiger partial charge in [-0.3, -0.25) is 4.79 Å². The van der Waals surface area contributed by atoms with Gasteiger partial charge in [0.15, 0.2) is 0 Å². The molecule has 7 nitrogen and oxygen atoms in total. The number of carbonyl (C=O) groups is 2. The molecule has 2 aromatic rings. The van der Waals surface area contributed by atoms with Crippen molar-refractivity contribution in [1.29, 1.82) is 0 Å². The number of furan rings is 1. The third-order valence-electron chi connectivity index (χ3n) is 4.09. The number of pyridine rings is 1. The van der Waals surface area contributed by atoms with Gasteiger partial charge in [-0.05, 0) is 37.8 Å². The van der Waals surface area contributed by atoms with Crippen molar-refractivity contribution in [3.05, 3.63) is 23.6 Å². The van der Waals surface area contributed by atoms with Gasteiger partial charge >= 0.3 is 6.03 Å². The Labute approximate surface area is 133 Å². The molecule has 0 saturated carbocycles. The van der Waals surface area contributed by atoms with Gasteiger partial charge in [-0.2, -0.15) is 0 Å². The number of likely N-dealkylation sites (tertiary alicyclic amines) is 1. The van der Waals surface area contributed by atoms with Gasteiger partial charge in [0.25, 0.3) is 5.91 Å². The van der Waals surface area contributed by atoms with E-state index in [9.17, 15) is 9.59 Å². The van der Waals surface area contributed by atoms with Crippen LogP contribution < -0.4 is 11.1 Å². The molecule has 2 aromatic heterocycles. The third-order valence-corrected chi connectivity index (χ3v) is 4.09. The summed E-state index contributed by atoms with van der Waals surface area (Å²) in [5, 5.41) is 3.35. The molecule has 3 heterocycles. The first-order valence-corrected chi connectivity index (χ1v) is 7.71. The van der Waals surface area contributed by atoms with E-state index < -0.39 is 5.91 Å². The number of urea groups is 1. The lowest BCUT2D eigenvalue weighted by molar-refractivity contribution is 0.0977. The first kappa shape index (κ1) is 15.3.